The van der Waals surface area contributed by atoms with Gasteiger partial charge in [-0.25, -0.2) is 0 Å². The fraction of sp³-hybridized carbons (Fsp3) is 0.400. The predicted molar refractivity (Wildman–Crippen MR) is 107 cm³/mol. The van der Waals surface area contributed by atoms with Crippen molar-refractivity contribution >= 4 is 28.8 Å². The lowest BCUT2D eigenvalue weighted by Crippen LogP contribution is -2.41. The van der Waals surface area contributed by atoms with Gasteiger partial charge in [0.25, 0.3) is 0 Å². The lowest BCUT2D eigenvalue weighted by atomic mass is 9.96. The van der Waals surface area contributed by atoms with Gasteiger partial charge in [0.1, 0.15) is 5.75 Å². The topological polar surface area (TPSA) is 70.7 Å². The van der Waals surface area contributed by atoms with Crippen LogP contribution in [0.2, 0.25) is 0 Å². The summed E-state index contributed by atoms with van der Waals surface area (Å²) in [7, 11) is 1.58. The van der Waals surface area contributed by atoms with Crippen LogP contribution in [0.4, 0.5) is 5.69 Å². The Bertz CT molecular complexity index is 738. The minimum Gasteiger partial charge on any atom is -0.497 e. The smallest absolute Gasteiger partial charge is 0.313 e. The Balaban J connectivity index is 1.36. The van der Waals surface area contributed by atoms with Crippen molar-refractivity contribution in [2.75, 3.05) is 32.1 Å². The minimum atomic E-state index is -0.643. The molecule has 0 atom stereocenters. The molecular formula is C20H25N3O3S. The predicted octanol–water partition coefficient (Wildman–Crippen LogP) is 2.72. The molecule has 1 saturated heterocycles. The molecule has 2 N–H and O–H groups in total. The number of thiophene rings is 1. The molecule has 1 aromatic carbocycles. The maximum absolute atomic E-state index is 12.0. The lowest BCUT2D eigenvalue weighted by molar-refractivity contribution is -0.136. The van der Waals surface area contributed by atoms with Crippen molar-refractivity contribution < 1.29 is 14.3 Å². The number of nitrogens with one attached hydrogen (secondary N) is 2. The number of hydrogen-bond donors (Lipinski definition) is 2. The van der Waals surface area contributed by atoms with Crippen LogP contribution in [0.5, 0.6) is 5.75 Å². The Kier molecular flexibility index (Phi) is 6.84. The van der Waals surface area contributed by atoms with E-state index in [1.807, 2.05) is 0 Å². The van der Waals surface area contributed by atoms with E-state index >= 15 is 0 Å². The van der Waals surface area contributed by atoms with E-state index < -0.39 is 11.8 Å². The van der Waals surface area contributed by atoms with E-state index in [4.69, 9.17) is 4.74 Å². The molecule has 1 aromatic heterocycles. The Labute approximate surface area is 163 Å². The van der Waals surface area contributed by atoms with Crippen molar-refractivity contribution in [3.05, 3.63) is 46.7 Å². The minimum absolute atomic E-state index is 0.418. The van der Waals surface area contributed by atoms with E-state index in [-0.39, 0.29) is 0 Å². The number of rotatable bonds is 6. The molecule has 7 heteroatoms. The van der Waals surface area contributed by atoms with Gasteiger partial charge in [-0.1, -0.05) is 0 Å². The number of anilines is 1. The molecule has 0 unspecified atom stereocenters. The number of benzene rings is 1. The largest absolute Gasteiger partial charge is 0.497 e. The first-order chi connectivity index (χ1) is 13.1. The molecule has 2 amide bonds. The fourth-order valence-electron chi connectivity index (χ4n) is 3.17. The van der Waals surface area contributed by atoms with Gasteiger partial charge in [-0.05, 0) is 78.5 Å². The van der Waals surface area contributed by atoms with Crippen molar-refractivity contribution in [2.45, 2.75) is 19.4 Å². The van der Waals surface area contributed by atoms with Crippen LogP contribution in [0.3, 0.4) is 0 Å². The summed E-state index contributed by atoms with van der Waals surface area (Å²) in [5, 5.41) is 9.66. The summed E-state index contributed by atoms with van der Waals surface area (Å²) in [5.74, 6) is -0.120. The molecule has 0 radical (unpaired) electrons. The molecule has 3 rings (SSSR count). The zero-order chi connectivity index (χ0) is 19.1. The molecule has 1 aliphatic heterocycles. The molecule has 1 fully saturated rings. The van der Waals surface area contributed by atoms with Gasteiger partial charge >= 0.3 is 11.8 Å². The molecular weight excluding hydrogens is 362 g/mol. The summed E-state index contributed by atoms with van der Waals surface area (Å²) in [6.07, 6.45) is 2.06. The highest BCUT2D eigenvalue weighted by Gasteiger charge is 2.21. The number of piperidine rings is 1. The van der Waals surface area contributed by atoms with Gasteiger partial charge in [0.2, 0.25) is 0 Å². The van der Waals surface area contributed by atoms with Crippen LogP contribution in [0.15, 0.2) is 41.1 Å². The molecule has 2 heterocycles. The standard InChI is InChI=1S/C20H25N3O3S/c1-26-18-4-2-17(3-5-18)22-20(25)19(24)21-12-15-6-9-23(10-7-15)13-16-8-11-27-14-16/h2-5,8,11,14-15H,6-7,9-10,12-13H2,1H3,(H,21,24)(H,22,25). The van der Waals surface area contributed by atoms with E-state index in [2.05, 4.69) is 32.4 Å². The van der Waals surface area contributed by atoms with Crippen LogP contribution in [0.25, 0.3) is 0 Å². The van der Waals surface area contributed by atoms with Crippen molar-refractivity contribution in [1.29, 1.82) is 0 Å². The number of likely N-dealkylation sites (tertiary alicyclic amines) is 1. The third kappa shape index (κ3) is 5.80. The Morgan fingerprint density at radius 1 is 1.15 bits per heavy atom. The van der Waals surface area contributed by atoms with Crippen LogP contribution >= 0.6 is 11.3 Å². The van der Waals surface area contributed by atoms with Gasteiger partial charge in [0.05, 0.1) is 7.11 Å². The number of ether oxygens (including phenoxy) is 1. The highest BCUT2D eigenvalue weighted by Crippen LogP contribution is 2.19. The number of amides is 2. The molecule has 2 aromatic rings. The van der Waals surface area contributed by atoms with Gasteiger partial charge in [0.15, 0.2) is 0 Å². The zero-order valence-corrected chi connectivity index (χ0v) is 16.3. The van der Waals surface area contributed by atoms with Crippen molar-refractivity contribution in [1.82, 2.24) is 10.2 Å². The summed E-state index contributed by atoms with van der Waals surface area (Å²) < 4.78 is 5.07. The highest BCUT2D eigenvalue weighted by molar-refractivity contribution is 7.07. The van der Waals surface area contributed by atoms with E-state index in [9.17, 15) is 9.59 Å². The van der Waals surface area contributed by atoms with Gasteiger partial charge < -0.3 is 15.4 Å². The van der Waals surface area contributed by atoms with Crippen molar-refractivity contribution in [2.24, 2.45) is 5.92 Å². The second-order valence-corrected chi connectivity index (χ2v) is 7.52. The maximum atomic E-state index is 12.0. The van der Waals surface area contributed by atoms with E-state index in [1.165, 1.54) is 5.56 Å². The molecule has 0 bridgehead atoms. The maximum Gasteiger partial charge on any atom is 0.313 e. The molecule has 0 aliphatic carbocycles. The number of nitrogens with zero attached hydrogens (tertiary/aromatic N) is 1. The van der Waals surface area contributed by atoms with Gasteiger partial charge in [-0.3, -0.25) is 14.5 Å². The second-order valence-electron chi connectivity index (χ2n) is 6.74. The van der Waals surface area contributed by atoms with Gasteiger partial charge in [-0.2, -0.15) is 11.3 Å². The first-order valence-corrected chi connectivity index (χ1v) is 10.0. The summed E-state index contributed by atoms with van der Waals surface area (Å²) in [6, 6.07) is 9.04. The SMILES string of the molecule is COc1ccc(NC(=O)C(=O)NCC2CCN(Cc3ccsc3)CC2)cc1. The molecule has 27 heavy (non-hydrogen) atoms. The molecule has 6 nitrogen and oxygen atoms in total. The number of hydrogen-bond acceptors (Lipinski definition) is 5. The fourth-order valence-corrected chi connectivity index (χ4v) is 3.83. The summed E-state index contributed by atoms with van der Waals surface area (Å²) in [4.78, 5) is 26.5. The molecule has 0 spiro atoms. The Morgan fingerprint density at radius 3 is 2.52 bits per heavy atom. The average molecular weight is 388 g/mol. The third-order valence-corrected chi connectivity index (χ3v) is 5.53. The lowest BCUT2D eigenvalue weighted by Gasteiger charge is -2.31. The van der Waals surface area contributed by atoms with Gasteiger partial charge in [0, 0.05) is 18.8 Å². The summed E-state index contributed by atoms with van der Waals surface area (Å²) in [6.45, 7) is 3.58. The summed E-state index contributed by atoms with van der Waals surface area (Å²) >= 11 is 1.73. The van der Waals surface area contributed by atoms with E-state index in [1.54, 1.807) is 42.7 Å². The first-order valence-electron chi connectivity index (χ1n) is 9.10. The van der Waals surface area contributed by atoms with E-state index in [0.717, 1.165) is 32.5 Å². The molecule has 144 valence electrons. The van der Waals surface area contributed by atoms with Crippen molar-refractivity contribution in [3.8, 4) is 5.75 Å². The third-order valence-electron chi connectivity index (χ3n) is 4.80. The molecule has 1 aliphatic rings. The van der Waals surface area contributed by atoms with Crippen molar-refractivity contribution in [3.63, 3.8) is 0 Å². The highest BCUT2D eigenvalue weighted by atomic mass is 32.1. The van der Waals surface area contributed by atoms with Gasteiger partial charge in [-0.15, -0.1) is 0 Å². The Morgan fingerprint density at radius 2 is 1.89 bits per heavy atom. The second kappa shape index (κ2) is 9.53. The number of carbonyl (C=O) groups excluding carboxylic acids is 2. The quantitative estimate of drug-likeness (QED) is 0.748. The van der Waals surface area contributed by atoms with Crippen LogP contribution < -0.4 is 15.4 Å². The number of carbonyl (C=O) groups is 2. The van der Waals surface area contributed by atoms with Crippen LogP contribution in [-0.2, 0) is 16.1 Å². The summed E-state index contributed by atoms with van der Waals surface area (Å²) in [5.41, 5.74) is 1.93. The Hall–Kier alpha value is -2.38. The number of methoxy groups -OCH3 is 1. The van der Waals surface area contributed by atoms with Crippen LogP contribution in [0, 0.1) is 5.92 Å². The monoisotopic (exact) mass is 387 g/mol. The van der Waals surface area contributed by atoms with Crippen LogP contribution in [-0.4, -0.2) is 43.5 Å². The molecule has 0 saturated carbocycles. The zero-order valence-electron chi connectivity index (χ0n) is 15.4. The normalized spacial score (nSPS) is 15.3. The average Bonchev–Trinajstić information content (AvgIpc) is 3.21. The first kappa shape index (κ1) is 19.4. The van der Waals surface area contributed by atoms with Crippen LogP contribution in [0.1, 0.15) is 18.4 Å². The van der Waals surface area contributed by atoms with E-state index in [0.29, 0.717) is 23.9 Å².